The molecule has 2 unspecified atom stereocenters. The first-order chi connectivity index (χ1) is 34.8. The van der Waals surface area contributed by atoms with Crippen LogP contribution in [0.5, 0.6) is 23.0 Å². The monoisotopic (exact) mass is 1010 g/mol. The van der Waals surface area contributed by atoms with Crippen molar-refractivity contribution in [2.24, 2.45) is 0 Å². The molecule has 0 aromatic heterocycles. The lowest BCUT2D eigenvalue weighted by atomic mass is 9.79. The first-order valence-corrected chi connectivity index (χ1v) is 27.9. The zero-order valence-electron chi connectivity index (χ0n) is 47.3. The van der Waals surface area contributed by atoms with Gasteiger partial charge in [-0.15, -0.1) is 0 Å². The van der Waals surface area contributed by atoms with Gasteiger partial charge in [0.25, 0.3) is 0 Å². The SMILES string of the molecule is CC(C)(C)c1cc2c(O)c(c1)Cc1cc(C(C)(C)C)cc(c1OCCCCC(=O)NCC1CCCO1)Cc1cc(C(C)(C)C)cc(c1O)Cc1cc(C(C)(C)C)cc(c1OCCCCC(=O)NCC1CCCO1)C2. The molecule has 7 rings (SSSR count). The minimum atomic E-state index is -0.231. The minimum Gasteiger partial charge on any atom is -0.507 e. The van der Waals surface area contributed by atoms with Crippen LogP contribution in [0.25, 0.3) is 0 Å². The van der Waals surface area contributed by atoms with Crippen LogP contribution in [-0.2, 0) is 66.4 Å². The molecule has 2 amide bonds. The number of rotatable bonds is 16. The molecule has 0 saturated carbocycles. The normalized spacial score (nSPS) is 17.3. The third kappa shape index (κ3) is 15.1. The molecule has 74 heavy (non-hydrogen) atoms. The van der Waals surface area contributed by atoms with Crippen LogP contribution < -0.4 is 20.1 Å². The zero-order chi connectivity index (χ0) is 53.6. The van der Waals surface area contributed by atoms with Gasteiger partial charge < -0.3 is 39.8 Å². The summed E-state index contributed by atoms with van der Waals surface area (Å²) >= 11 is 0. The third-order valence-corrected chi connectivity index (χ3v) is 15.2. The average Bonchev–Trinajstić information content (AvgIpc) is 4.05. The van der Waals surface area contributed by atoms with Gasteiger partial charge in [0.15, 0.2) is 0 Å². The molecular weight excluding hydrogens is 925 g/mol. The molecule has 4 aromatic rings. The molecule has 1 aliphatic carbocycles. The largest absolute Gasteiger partial charge is 0.507 e. The number of hydrogen-bond donors (Lipinski definition) is 4. The molecule has 10 heteroatoms. The van der Waals surface area contributed by atoms with Gasteiger partial charge in [0.2, 0.25) is 11.8 Å². The minimum absolute atomic E-state index is 0.0289. The van der Waals surface area contributed by atoms with Gasteiger partial charge in [-0.3, -0.25) is 9.59 Å². The number of carbonyl (C=O) groups is 2. The van der Waals surface area contributed by atoms with Gasteiger partial charge in [-0.2, -0.15) is 0 Å². The molecule has 2 aliphatic heterocycles. The van der Waals surface area contributed by atoms with E-state index >= 15 is 0 Å². The van der Waals surface area contributed by atoms with Gasteiger partial charge >= 0.3 is 0 Å². The molecular formula is C64H90N2O8. The maximum atomic E-state index is 12.9. The fourth-order valence-corrected chi connectivity index (χ4v) is 10.4. The summed E-state index contributed by atoms with van der Waals surface area (Å²) in [6.07, 6.45) is 9.43. The van der Waals surface area contributed by atoms with Crippen LogP contribution in [-0.4, -0.2) is 73.8 Å². The van der Waals surface area contributed by atoms with Crippen LogP contribution in [0.3, 0.4) is 0 Å². The highest BCUT2D eigenvalue weighted by molar-refractivity contribution is 5.76. The molecule has 4 N–H and O–H groups in total. The highest BCUT2D eigenvalue weighted by Gasteiger charge is 2.29. The molecule has 0 spiro atoms. The number of phenols is 2. The molecule has 2 heterocycles. The molecule has 3 aliphatic rings. The van der Waals surface area contributed by atoms with E-state index in [0.29, 0.717) is 90.5 Å². The standard InChI is InChI=1S/C64H90N2O8/c1-61(2,3)49-31-41-27-45-35-51(63(7,8)9)37-47(59(45)73-23-15-13-21-55(67)65-39-53-19-17-25-71-53)29-43-33-50(62(4,5)6)34-44(58(43)70)30-48-38-52(64(10,11)12)36-46(28-42(32-49)57(41)69)60(48)74-24-16-14-22-56(68)66-40-54-20-18-26-72-54/h31-38,53-54,69-70H,13-30,39-40H2,1-12H3,(H,65,67)(H,66,68). The molecule has 404 valence electrons. The molecule has 10 nitrogen and oxygen atoms in total. The number of phenolic OH excluding ortho intramolecular Hbond substituents is 2. The van der Waals surface area contributed by atoms with E-state index in [1.165, 1.54) is 0 Å². The smallest absolute Gasteiger partial charge is 0.220 e. The second-order valence-corrected chi connectivity index (χ2v) is 25.7. The Balaban J connectivity index is 1.32. The lowest BCUT2D eigenvalue weighted by Gasteiger charge is -2.28. The number of nitrogens with one attached hydrogen (secondary N) is 2. The highest BCUT2D eigenvalue weighted by atomic mass is 16.5. The van der Waals surface area contributed by atoms with Gasteiger partial charge in [-0.25, -0.2) is 0 Å². The van der Waals surface area contributed by atoms with E-state index in [1.807, 2.05) is 0 Å². The molecule has 2 saturated heterocycles. The number of carbonyl (C=O) groups excluding carboxylic acids is 2. The van der Waals surface area contributed by atoms with Crippen molar-refractivity contribution < 1.29 is 38.7 Å². The summed E-state index contributed by atoms with van der Waals surface area (Å²) in [6.45, 7) is 30.1. The van der Waals surface area contributed by atoms with Crippen molar-refractivity contribution in [3.8, 4) is 23.0 Å². The summed E-state index contributed by atoms with van der Waals surface area (Å²) in [6, 6.07) is 17.7. The molecule has 8 bridgehead atoms. The Labute approximate surface area is 444 Å². The topological polar surface area (TPSA) is 136 Å². The first kappa shape index (κ1) is 56.7. The maximum absolute atomic E-state index is 12.9. The van der Waals surface area contributed by atoms with Crippen LogP contribution in [0.4, 0.5) is 0 Å². The van der Waals surface area contributed by atoms with Gasteiger partial charge in [-0.1, -0.05) is 132 Å². The number of unbranched alkanes of at least 4 members (excludes halogenated alkanes) is 2. The summed E-state index contributed by atoms with van der Waals surface area (Å²) in [7, 11) is 0. The van der Waals surface area contributed by atoms with Gasteiger partial charge in [0, 0.05) is 64.8 Å². The number of benzene rings is 4. The van der Waals surface area contributed by atoms with E-state index in [1.54, 1.807) is 0 Å². The van der Waals surface area contributed by atoms with Gasteiger partial charge in [0.05, 0.1) is 25.4 Å². The Hall–Kier alpha value is -5.06. The van der Waals surface area contributed by atoms with E-state index in [2.05, 4.69) is 142 Å². The van der Waals surface area contributed by atoms with Crippen molar-refractivity contribution in [1.82, 2.24) is 10.6 Å². The van der Waals surface area contributed by atoms with Crippen molar-refractivity contribution >= 4 is 11.8 Å². The number of hydrogen-bond acceptors (Lipinski definition) is 8. The molecule has 0 radical (unpaired) electrons. The number of ether oxygens (including phenoxy) is 4. The quantitative estimate of drug-likeness (QED) is 0.0718. The number of aromatic hydroxyl groups is 2. The number of fused-ring (bicyclic) bond motifs is 8. The fourth-order valence-electron chi connectivity index (χ4n) is 10.4. The number of amides is 2. The van der Waals surface area contributed by atoms with Crippen molar-refractivity contribution in [3.05, 3.63) is 115 Å². The summed E-state index contributed by atoms with van der Waals surface area (Å²) in [5.41, 5.74) is 10.8. The van der Waals surface area contributed by atoms with Crippen molar-refractivity contribution in [1.29, 1.82) is 0 Å². The first-order valence-electron chi connectivity index (χ1n) is 27.9. The van der Waals surface area contributed by atoms with Crippen LogP contribution in [0.2, 0.25) is 0 Å². The Morgan fingerprint density at radius 1 is 0.473 bits per heavy atom. The van der Waals surface area contributed by atoms with E-state index in [4.69, 9.17) is 18.9 Å². The van der Waals surface area contributed by atoms with Crippen molar-refractivity contribution in [2.45, 2.75) is 207 Å². The predicted octanol–water partition coefficient (Wildman–Crippen LogP) is 12.7. The fraction of sp³-hybridized carbons (Fsp3) is 0.594. The Bertz CT molecular complexity index is 2320. The third-order valence-electron chi connectivity index (χ3n) is 15.2. The Kier molecular flexibility index (Phi) is 18.3. The second-order valence-electron chi connectivity index (χ2n) is 25.7. The van der Waals surface area contributed by atoms with E-state index in [0.717, 1.165) is 117 Å². The molecule has 2 fully saturated rings. The zero-order valence-corrected chi connectivity index (χ0v) is 47.3. The van der Waals surface area contributed by atoms with E-state index in [9.17, 15) is 19.8 Å². The van der Waals surface area contributed by atoms with Crippen LogP contribution in [0, 0.1) is 0 Å². The van der Waals surface area contributed by atoms with Crippen LogP contribution in [0.1, 0.15) is 214 Å². The average molecular weight is 1020 g/mol. The Morgan fingerprint density at radius 2 is 0.757 bits per heavy atom. The summed E-state index contributed by atoms with van der Waals surface area (Å²) in [5.74, 6) is 2.09. The van der Waals surface area contributed by atoms with Crippen LogP contribution >= 0.6 is 0 Å². The van der Waals surface area contributed by atoms with Crippen molar-refractivity contribution in [2.75, 3.05) is 39.5 Å². The summed E-state index contributed by atoms with van der Waals surface area (Å²) in [5, 5.41) is 31.6. The van der Waals surface area contributed by atoms with Crippen LogP contribution in [0.15, 0.2) is 48.5 Å². The summed E-state index contributed by atoms with van der Waals surface area (Å²) < 4.78 is 25.3. The van der Waals surface area contributed by atoms with Gasteiger partial charge in [-0.05, 0) is 140 Å². The lowest BCUT2D eigenvalue weighted by molar-refractivity contribution is -0.122. The summed E-state index contributed by atoms with van der Waals surface area (Å²) in [4.78, 5) is 25.7. The van der Waals surface area contributed by atoms with E-state index < -0.39 is 0 Å². The predicted molar refractivity (Wildman–Crippen MR) is 298 cm³/mol. The molecule has 2 atom stereocenters. The Morgan fingerprint density at radius 3 is 1.01 bits per heavy atom. The van der Waals surface area contributed by atoms with Crippen molar-refractivity contribution in [3.63, 3.8) is 0 Å². The lowest BCUT2D eigenvalue weighted by Crippen LogP contribution is -2.31. The maximum Gasteiger partial charge on any atom is 0.220 e. The molecule has 4 aromatic carbocycles. The highest BCUT2D eigenvalue weighted by Crippen LogP contribution is 2.44. The van der Waals surface area contributed by atoms with Gasteiger partial charge in [0.1, 0.15) is 23.0 Å². The second kappa shape index (κ2) is 23.9. The van der Waals surface area contributed by atoms with E-state index in [-0.39, 0.29) is 57.2 Å².